The van der Waals surface area contributed by atoms with Crippen LogP contribution in [0.4, 0.5) is 5.82 Å². The molecule has 1 aromatic rings. The van der Waals surface area contributed by atoms with Crippen LogP contribution in [0, 0.1) is 5.92 Å². The van der Waals surface area contributed by atoms with Crippen LogP contribution in [0.15, 0.2) is 23.3 Å². The van der Waals surface area contributed by atoms with E-state index in [9.17, 15) is 0 Å². The third-order valence-electron chi connectivity index (χ3n) is 4.00. The average Bonchev–Trinajstić information content (AvgIpc) is 3.05. The van der Waals surface area contributed by atoms with E-state index in [2.05, 4.69) is 39.4 Å². The van der Waals surface area contributed by atoms with E-state index in [1.807, 2.05) is 12.1 Å². The molecule has 1 fully saturated rings. The molecule has 1 unspecified atom stereocenters. The van der Waals surface area contributed by atoms with Crippen molar-refractivity contribution < 1.29 is 4.74 Å². The molecule has 1 aromatic heterocycles. The van der Waals surface area contributed by atoms with E-state index in [1.165, 1.54) is 0 Å². The van der Waals surface area contributed by atoms with Crippen molar-refractivity contribution in [3.63, 3.8) is 0 Å². The van der Waals surface area contributed by atoms with Gasteiger partial charge in [-0.2, -0.15) is 0 Å². The van der Waals surface area contributed by atoms with Crippen LogP contribution in [0.5, 0.6) is 0 Å². The predicted octanol–water partition coefficient (Wildman–Crippen LogP) is 3.16. The van der Waals surface area contributed by atoms with Crippen LogP contribution < -0.4 is 15.5 Å². The summed E-state index contributed by atoms with van der Waals surface area (Å²) in [5.41, 5.74) is 0. The largest absolute Gasteiger partial charge is 0.381 e. The first-order chi connectivity index (χ1) is 12.1. The van der Waals surface area contributed by atoms with Gasteiger partial charge in [-0.15, -0.1) is 24.0 Å². The molecule has 0 spiro atoms. The minimum Gasteiger partial charge on any atom is -0.381 e. The zero-order chi connectivity index (χ0) is 18.1. The molecule has 0 aromatic carbocycles. The molecule has 1 aliphatic heterocycles. The molecule has 6 nitrogen and oxygen atoms in total. The summed E-state index contributed by atoms with van der Waals surface area (Å²) in [6, 6.07) is 4.07. The maximum Gasteiger partial charge on any atom is 0.191 e. The van der Waals surface area contributed by atoms with Crippen LogP contribution in [0.25, 0.3) is 0 Å². The summed E-state index contributed by atoms with van der Waals surface area (Å²) in [7, 11) is 1.80. The normalized spacial score (nSPS) is 17.3. The van der Waals surface area contributed by atoms with Gasteiger partial charge in [-0.05, 0) is 30.9 Å². The van der Waals surface area contributed by atoms with Crippen molar-refractivity contribution in [1.29, 1.82) is 0 Å². The van der Waals surface area contributed by atoms with Gasteiger partial charge in [0.1, 0.15) is 5.82 Å². The van der Waals surface area contributed by atoms with Gasteiger partial charge in [0, 0.05) is 52.1 Å². The molecule has 2 rings (SSSR count). The number of nitrogens with one attached hydrogen (secondary N) is 2. The summed E-state index contributed by atoms with van der Waals surface area (Å²) < 4.78 is 5.59. The number of halogens is 2. The Kier molecular flexibility index (Phi) is 11.2. The second-order valence-corrected chi connectivity index (χ2v) is 7.11. The predicted molar refractivity (Wildman–Crippen MR) is 120 cm³/mol. The summed E-state index contributed by atoms with van der Waals surface area (Å²) in [5, 5.41) is 7.53. The molecule has 1 atom stereocenters. The number of nitrogens with zero attached hydrogens (tertiary/aromatic N) is 3. The van der Waals surface area contributed by atoms with E-state index in [4.69, 9.17) is 16.3 Å². The summed E-state index contributed by atoms with van der Waals surface area (Å²) >= 11 is 6.24. The van der Waals surface area contributed by atoms with E-state index in [-0.39, 0.29) is 24.0 Å². The van der Waals surface area contributed by atoms with E-state index < -0.39 is 0 Å². The van der Waals surface area contributed by atoms with Gasteiger partial charge in [0.05, 0.1) is 5.02 Å². The Bertz CT molecular complexity index is 558. The molecular formula is C18H31ClIN5O. The fraction of sp³-hybridized carbons (Fsp3) is 0.667. The van der Waals surface area contributed by atoms with Gasteiger partial charge >= 0.3 is 0 Å². The number of aliphatic imine (C=N–C) groups is 1. The lowest BCUT2D eigenvalue weighted by molar-refractivity contribution is 0.108. The van der Waals surface area contributed by atoms with Crippen LogP contribution in [0.2, 0.25) is 5.02 Å². The van der Waals surface area contributed by atoms with Crippen molar-refractivity contribution >= 4 is 47.4 Å². The van der Waals surface area contributed by atoms with Crippen molar-refractivity contribution in [3.05, 3.63) is 23.4 Å². The zero-order valence-electron chi connectivity index (χ0n) is 15.9. The highest BCUT2D eigenvalue weighted by molar-refractivity contribution is 14.0. The summed E-state index contributed by atoms with van der Waals surface area (Å²) in [4.78, 5) is 10.9. The Hall–Kier alpha value is -0.800. The number of hydrogen-bond donors (Lipinski definition) is 2. The second-order valence-electron chi connectivity index (χ2n) is 6.71. The lowest BCUT2D eigenvalue weighted by Crippen LogP contribution is -2.45. The number of hydrogen-bond acceptors (Lipinski definition) is 4. The van der Waals surface area contributed by atoms with Crippen LogP contribution in [0.1, 0.15) is 26.7 Å². The molecule has 1 aliphatic rings. The van der Waals surface area contributed by atoms with Gasteiger partial charge in [0.25, 0.3) is 0 Å². The summed E-state index contributed by atoms with van der Waals surface area (Å²) in [5.74, 6) is 2.28. The van der Waals surface area contributed by atoms with Crippen molar-refractivity contribution in [2.45, 2.75) is 32.7 Å². The van der Waals surface area contributed by atoms with Gasteiger partial charge in [0.2, 0.25) is 0 Å². The molecule has 0 radical (unpaired) electrons. The van der Waals surface area contributed by atoms with Gasteiger partial charge in [-0.1, -0.05) is 25.4 Å². The highest BCUT2D eigenvalue weighted by Gasteiger charge is 2.25. The van der Waals surface area contributed by atoms with Crippen molar-refractivity contribution in [2.75, 3.05) is 44.8 Å². The fourth-order valence-corrected chi connectivity index (χ4v) is 3.01. The average molecular weight is 496 g/mol. The van der Waals surface area contributed by atoms with Gasteiger partial charge in [0.15, 0.2) is 5.96 Å². The molecule has 0 amide bonds. The second kappa shape index (κ2) is 12.6. The molecule has 0 bridgehead atoms. The molecule has 2 heterocycles. The van der Waals surface area contributed by atoms with E-state index >= 15 is 0 Å². The molecular weight excluding hydrogens is 465 g/mol. The summed E-state index contributed by atoms with van der Waals surface area (Å²) in [6.45, 7) is 8.57. The minimum atomic E-state index is 0. The van der Waals surface area contributed by atoms with Crippen LogP contribution in [-0.4, -0.2) is 56.9 Å². The Morgan fingerprint density at radius 3 is 3.00 bits per heavy atom. The molecule has 148 valence electrons. The molecule has 0 aliphatic carbocycles. The Labute approximate surface area is 179 Å². The lowest BCUT2D eigenvalue weighted by Gasteiger charge is -2.20. The molecule has 26 heavy (non-hydrogen) atoms. The van der Waals surface area contributed by atoms with E-state index in [0.29, 0.717) is 17.0 Å². The van der Waals surface area contributed by atoms with E-state index in [1.54, 1.807) is 13.2 Å². The van der Waals surface area contributed by atoms with Crippen molar-refractivity contribution in [1.82, 2.24) is 15.6 Å². The van der Waals surface area contributed by atoms with Crippen LogP contribution in [-0.2, 0) is 4.74 Å². The Morgan fingerprint density at radius 2 is 2.31 bits per heavy atom. The number of guanidine groups is 1. The SMILES string of the molecule is CN=C(NCCCOCC(C)C)NC1CCN(c2ncccc2Cl)C1.I. The van der Waals surface area contributed by atoms with E-state index in [0.717, 1.165) is 57.5 Å². The first kappa shape index (κ1) is 23.2. The molecule has 8 heteroatoms. The lowest BCUT2D eigenvalue weighted by atomic mass is 10.2. The number of pyridine rings is 1. The standard InChI is InChI=1S/C18H30ClN5O.HI/c1-14(2)13-25-11-5-9-22-18(20-3)23-15-7-10-24(12-15)17-16(19)6-4-8-21-17;/h4,6,8,14-15H,5,7,9-13H2,1-3H3,(H2,20,22,23);1H. The first-order valence-electron chi connectivity index (χ1n) is 9.00. The fourth-order valence-electron chi connectivity index (χ4n) is 2.77. The first-order valence-corrected chi connectivity index (χ1v) is 9.38. The van der Waals surface area contributed by atoms with Gasteiger partial charge in [-0.25, -0.2) is 4.98 Å². The third-order valence-corrected chi connectivity index (χ3v) is 4.30. The maximum absolute atomic E-state index is 6.24. The topological polar surface area (TPSA) is 61.8 Å². The molecule has 2 N–H and O–H groups in total. The zero-order valence-corrected chi connectivity index (χ0v) is 19.0. The Balaban J connectivity index is 0.00000338. The quantitative estimate of drug-likeness (QED) is 0.251. The van der Waals surface area contributed by atoms with Gasteiger partial charge < -0.3 is 20.3 Å². The maximum atomic E-state index is 6.24. The molecule has 0 saturated carbocycles. The minimum absolute atomic E-state index is 0. The highest BCUT2D eigenvalue weighted by atomic mass is 127. The van der Waals surface area contributed by atoms with Gasteiger partial charge in [-0.3, -0.25) is 4.99 Å². The van der Waals surface area contributed by atoms with Crippen LogP contribution >= 0.6 is 35.6 Å². The number of aromatic nitrogens is 1. The number of ether oxygens (including phenoxy) is 1. The number of rotatable bonds is 8. The third kappa shape index (κ3) is 7.84. The smallest absolute Gasteiger partial charge is 0.191 e. The van der Waals surface area contributed by atoms with Crippen LogP contribution in [0.3, 0.4) is 0 Å². The highest BCUT2D eigenvalue weighted by Crippen LogP contribution is 2.25. The Morgan fingerprint density at radius 1 is 1.50 bits per heavy atom. The van der Waals surface area contributed by atoms with Crippen molar-refractivity contribution in [3.8, 4) is 0 Å². The monoisotopic (exact) mass is 495 g/mol. The molecule has 1 saturated heterocycles. The summed E-state index contributed by atoms with van der Waals surface area (Å²) in [6.07, 6.45) is 3.78. The van der Waals surface area contributed by atoms with Crippen molar-refractivity contribution in [2.24, 2.45) is 10.9 Å². The number of anilines is 1.